The quantitative estimate of drug-likeness (QED) is 0.636. The van der Waals surface area contributed by atoms with Crippen molar-refractivity contribution in [3.8, 4) is 0 Å². The molecule has 8 heteroatoms. The molecule has 2 aromatic carbocycles. The first-order valence-corrected chi connectivity index (χ1v) is 10.5. The SMILES string of the molecule is Cc1ccc(NC(=O)C(C)C(N)c2ccccc2)cc1S(=O)(=O)NC1CC1.Cl. The summed E-state index contributed by atoms with van der Waals surface area (Å²) in [6.45, 7) is 3.49. The van der Waals surface area contributed by atoms with E-state index in [2.05, 4.69) is 10.0 Å². The largest absolute Gasteiger partial charge is 0.326 e. The molecule has 2 unspecified atom stereocenters. The molecule has 1 saturated carbocycles. The topological polar surface area (TPSA) is 101 Å². The highest BCUT2D eigenvalue weighted by Gasteiger charge is 2.29. The van der Waals surface area contributed by atoms with E-state index in [0.29, 0.717) is 11.3 Å². The second-order valence-electron chi connectivity index (χ2n) is 7.09. The fraction of sp³-hybridized carbons (Fsp3) is 0.350. The zero-order chi connectivity index (χ0) is 19.6. The molecule has 6 nitrogen and oxygen atoms in total. The molecule has 1 amide bonds. The molecule has 0 aromatic heterocycles. The van der Waals surface area contributed by atoms with Crippen LogP contribution in [0.5, 0.6) is 0 Å². The van der Waals surface area contributed by atoms with Crippen LogP contribution in [0.15, 0.2) is 53.4 Å². The highest BCUT2D eigenvalue weighted by molar-refractivity contribution is 7.89. The maximum absolute atomic E-state index is 12.6. The van der Waals surface area contributed by atoms with Crippen molar-refractivity contribution in [3.63, 3.8) is 0 Å². The van der Waals surface area contributed by atoms with Gasteiger partial charge in [-0.05, 0) is 43.0 Å². The number of anilines is 1. The van der Waals surface area contributed by atoms with Crippen LogP contribution in [0.25, 0.3) is 0 Å². The van der Waals surface area contributed by atoms with Crippen LogP contribution in [-0.4, -0.2) is 20.4 Å². The second kappa shape index (κ2) is 9.05. The molecule has 4 N–H and O–H groups in total. The first-order valence-electron chi connectivity index (χ1n) is 9.02. The van der Waals surface area contributed by atoms with Gasteiger partial charge in [0, 0.05) is 17.8 Å². The van der Waals surface area contributed by atoms with Gasteiger partial charge in [0.05, 0.1) is 10.8 Å². The predicted octanol–water partition coefficient (Wildman–Crippen LogP) is 3.13. The number of carbonyl (C=O) groups is 1. The normalized spacial score (nSPS) is 16.0. The molecular formula is C20H26ClN3O3S. The lowest BCUT2D eigenvalue weighted by Gasteiger charge is -2.20. The van der Waals surface area contributed by atoms with E-state index < -0.39 is 22.0 Å². The lowest BCUT2D eigenvalue weighted by molar-refractivity contribution is -0.120. The van der Waals surface area contributed by atoms with E-state index in [-0.39, 0.29) is 29.3 Å². The van der Waals surface area contributed by atoms with E-state index in [1.54, 1.807) is 26.0 Å². The zero-order valence-electron chi connectivity index (χ0n) is 15.9. The van der Waals surface area contributed by atoms with Crippen molar-refractivity contribution in [1.82, 2.24) is 4.72 Å². The maximum atomic E-state index is 12.6. The standard InChI is InChI=1S/C20H25N3O3S.ClH/c1-13-8-9-17(12-18(13)27(25,26)23-16-10-11-16)22-20(24)14(2)19(21)15-6-4-3-5-7-15;/h3-9,12,14,16,19,23H,10-11,21H2,1-2H3,(H,22,24);1H. The van der Waals surface area contributed by atoms with E-state index in [4.69, 9.17) is 5.73 Å². The van der Waals surface area contributed by atoms with E-state index in [1.165, 1.54) is 6.07 Å². The molecule has 0 radical (unpaired) electrons. The molecule has 3 rings (SSSR count). The summed E-state index contributed by atoms with van der Waals surface area (Å²) in [5.41, 5.74) is 8.16. The molecule has 2 atom stereocenters. The van der Waals surface area contributed by atoms with Gasteiger partial charge in [0.2, 0.25) is 15.9 Å². The third kappa shape index (κ3) is 5.32. The maximum Gasteiger partial charge on any atom is 0.241 e. The number of hydrogen-bond donors (Lipinski definition) is 3. The zero-order valence-corrected chi connectivity index (χ0v) is 17.5. The Kier molecular flexibility index (Phi) is 7.22. The lowest BCUT2D eigenvalue weighted by atomic mass is 9.94. The Morgan fingerprint density at radius 3 is 2.39 bits per heavy atom. The number of amides is 1. The van der Waals surface area contributed by atoms with Crippen molar-refractivity contribution in [1.29, 1.82) is 0 Å². The Morgan fingerprint density at radius 1 is 1.14 bits per heavy atom. The van der Waals surface area contributed by atoms with Crippen molar-refractivity contribution in [2.75, 3.05) is 5.32 Å². The molecule has 0 aliphatic heterocycles. The van der Waals surface area contributed by atoms with Crippen LogP contribution in [0.4, 0.5) is 5.69 Å². The molecule has 0 spiro atoms. The summed E-state index contributed by atoms with van der Waals surface area (Å²) in [5, 5.41) is 2.79. The van der Waals surface area contributed by atoms with Gasteiger partial charge in [-0.3, -0.25) is 4.79 Å². The van der Waals surface area contributed by atoms with Crippen molar-refractivity contribution in [2.45, 2.75) is 43.7 Å². The molecule has 0 bridgehead atoms. The minimum absolute atomic E-state index is 0. The van der Waals surface area contributed by atoms with Gasteiger partial charge in [-0.2, -0.15) is 0 Å². The first kappa shape index (κ1) is 22.4. The molecule has 1 aliphatic rings. The number of rotatable bonds is 7. The molecule has 0 heterocycles. The van der Waals surface area contributed by atoms with Gasteiger partial charge in [-0.25, -0.2) is 13.1 Å². The Hall–Kier alpha value is -1.93. The van der Waals surface area contributed by atoms with E-state index >= 15 is 0 Å². The molecular weight excluding hydrogens is 398 g/mol. The number of nitrogens with two attached hydrogens (primary N) is 1. The Morgan fingerprint density at radius 2 is 1.79 bits per heavy atom. The van der Waals surface area contributed by atoms with Crippen LogP contribution in [0.3, 0.4) is 0 Å². The third-order valence-electron chi connectivity index (χ3n) is 4.78. The van der Waals surface area contributed by atoms with Crippen LogP contribution in [0.1, 0.15) is 36.9 Å². The van der Waals surface area contributed by atoms with Gasteiger partial charge < -0.3 is 11.1 Å². The van der Waals surface area contributed by atoms with Crippen LogP contribution in [0.2, 0.25) is 0 Å². The molecule has 1 fully saturated rings. The highest BCUT2D eigenvalue weighted by atomic mass is 35.5. The summed E-state index contributed by atoms with van der Waals surface area (Å²) in [6, 6.07) is 13.9. The number of hydrogen-bond acceptors (Lipinski definition) is 4. The fourth-order valence-electron chi connectivity index (χ4n) is 2.83. The second-order valence-corrected chi connectivity index (χ2v) is 8.77. The number of aryl methyl sites for hydroxylation is 1. The summed E-state index contributed by atoms with van der Waals surface area (Å²) in [6.07, 6.45) is 1.73. The lowest BCUT2D eigenvalue weighted by Crippen LogP contribution is -2.30. The van der Waals surface area contributed by atoms with Gasteiger partial charge in [-0.1, -0.05) is 43.3 Å². The molecule has 28 heavy (non-hydrogen) atoms. The summed E-state index contributed by atoms with van der Waals surface area (Å²) in [5.74, 6) is -0.730. The monoisotopic (exact) mass is 423 g/mol. The minimum atomic E-state index is -3.59. The van der Waals surface area contributed by atoms with Crippen LogP contribution >= 0.6 is 12.4 Å². The fourth-order valence-corrected chi connectivity index (χ4v) is 4.41. The van der Waals surface area contributed by atoms with Gasteiger partial charge in [0.25, 0.3) is 0 Å². The Labute approximate surface area is 172 Å². The third-order valence-corrected chi connectivity index (χ3v) is 6.44. The first-order chi connectivity index (χ1) is 12.8. The van der Waals surface area contributed by atoms with Crippen molar-refractivity contribution >= 4 is 34.0 Å². The number of benzene rings is 2. The molecule has 152 valence electrons. The van der Waals surface area contributed by atoms with Gasteiger partial charge in [-0.15, -0.1) is 12.4 Å². The predicted molar refractivity (Wildman–Crippen MR) is 113 cm³/mol. The number of sulfonamides is 1. The summed E-state index contributed by atoms with van der Waals surface area (Å²) in [4.78, 5) is 12.8. The minimum Gasteiger partial charge on any atom is -0.326 e. The van der Waals surface area contributed by atoms with E-state index in [9.17, 15) is 13.2 Å². The molecule has 0 saturated heterocycles. The summed E-state index contributed by atoms with van der Waals surface area (Å²) >= 11 is 0. The number of nitrogens with one attached hydrogen (secondary N) is 2. The van der Waals surface area contributed by atoms with Crippen LogP contribution in [-0.2, 0) is 14.8 Å². The molecule has 1 aliphatic carbocycles. The smallest absolute Gasteiger partial charge is 0.241 e. The van der Waals surface area contributed by atoms with Crippen LogP contribution < -0.4 is 15.8 Å². The average molecular weight is 424 g/mol. The summed E-state index contributed by atoms with van der Waals surface area (Å²) in [7, 11) is -3.59. The number of halogens is 1. The van der Waals surface area contributed by atoms with E-state index in [1.807, 2.05) is 30.3 Å². The highest BCUT2D eigenvalue weighted by Crippen LogP contribution is 2.26. The van der Waals surface area contributed by atoms with E-state index in [0.717, 1.165) is 18.4 Å². The van der Waals surface area contributed by atoms with Gasteiger partial charge >= 0.3 is 0 Å². The van der Waals surface area contributed by atoms with Crippen molar-refractivity contribution in [2.24, 2.45) is 11.7 Å². The average Bonchev–Trinajstić information content (AvgIpc) is 3.45. The van der Waals surface area contributed by atoms with Gasteiger partial charge in [0.15, 0.2) is 0 Å². The molecule has 2 aromatic rings. The number of carbonyl (C=O) groups excluding carboxylic acids is 1. The van der Waals surface area contributed by atoms with Crippen molar-refractivity contribution in [3.05, 3.63) is 59.7 Å². The van der Waals surface area contributed by atoms with Crippen molar-refractivity contribution < 1.29 is 13.2 Å². The Balaban J connectivity index is 0.00000280. The van der Waals surface area contributed by atoms with Crippen LogP contribution in [0, 0.1) is 12.8 Å². The summed E-state index contributed by atoms with van der Waals surface area (Å²) < 4.78 is 27.7. The van der Waals surface area contributed by atoms with Gasteiger partial charge in [0.1, 0.15) is 0 Å². The Bertz CT molecular complexity index is 931.